The second kappa shape index (κ2) is 8.69. The van der Waals surface area contributed by atoms with E-state index in [2.05, 4.69) is 15.5 Å². The Balaban J connectivity index is 1.73. The van der Waals surface area contributed by atoms with Gasteiger partial charge in [0.15, 0.2) is 0 Å². The van der Waals surface area contributed by atoms with Gasteiger partial charge in [-0.05, 0) is 44.0 Å². The Morgan fingerprint density at radius 2 is 2.00 bits per heavy atom. The van der Waals surface area contributed by atoms with Gasteiger partial charge in [0.05, 0.1) is 7.11 Å². The highest BCUT2D eigenvalue weighted by Crippen LogP contribution is 2.25. The molecule has 0 bridgehead atoms. The minimum absolute atomic E-state index is 0.0661. The molecule has 1 aromatic carbocycles. The van der Waals surface area contributed by atoms with Gasteiger partial charge in [0, 0.05) is 18.2 Å². The lowest BCUT2D eigenvalue weighted by Gasteiger charge is -2.33. The molecule has 2 amide bonds. The highest BCUT2D eigenvalue weighted by atomic mass is 16.5. The Morgan fingerprint density at radius 1 is 1.27 bits per heavy atom. The van der Waals surface area contributed by atoms with E-state index in [1.54, 1.807) is 7.11 Å². The lowest BCUT2D eigenvalue weighted by Crippen LogP contribution is -2.46. The topological polar surface area (TPSA) is 80.5 Å². The Hall–Kier alpha value is -2.57. The van der Waals surface area contributed by atoms with E-state index < -0.39 is 0 Å². The molecule has 1 fully saturated rings. The van der Waals surface area contributed by atoms with Crippen LogP contribution in [0, 0.1) is 0 Å². The van der Waals surface area contributed by atoms with Gasteiger partial charge < -0.3 is 19.5 Å². The first kappa shape index (κ1) is 18.2. The van der Waals surface area contributed by atoms with Crippen LogP contribution in [0.1, 0.15) is 44.9 Å². The van der Waals surface area contributed by atoms with Crippen LogP contribution in [-0.2, 0) is 6.54 Å². The first-order chi connectivity index (χ1) is 12.7. The fourth-order valence-electron chi connectivity index (χ4n) is 3.33. The average Bonchev–Trinajstić information content (AvgIpc) is 3.16. The summed E-state index contributed by atoms with van der Waals surface area (Å²) < 4.78 is 10.6. The molecule has 0 spiro atoms. The molecule has 1 aliphatic carbocycles. The molecule has 3 rings (SSSR count). The number of carbonyl (C=O) groups excluding carboxylic acids is 1. The molecule has 7 nitrogen and oxygen atoms in total. The normalized spacial score (nSPS) is 14.8. The molecule has 1 saturated carbocycles. The fourth-order valence-corrected chi connectivity index (χ4v) is 3.33. The summed E-state index contributed by atoms with van der Waals surface area (Å²) in [4.78, 5) is 18.8. The molecule has 26 heavy (non-hydrogen) atoms. The van der Waals surface area contributed by atoms with Crippen molar-refractivity contribution in [2.75, 3.05) is 13.7 Å². The molecule has 0 unspecified atom stereocenters. The second-order valence-corrected chi connectivity index (χ2v) is 6.50. The maximum Gasteiger partial charge on any atom is 0.318 e. The highest BCUT2D eigenvalue weighted by molar-refractivity contribution is 5.74. The number of hydrogen-bond acceptors (Lipinski definition) is 5. The Morgan fingerprint density at radius 3 is 2.65 bits per heavy atom. The molecule has 7 heteroatoms. The molecule has 140 valence electrons. The highest BCUT2D eigenvalue weighted by Gasteiger charge is 2.27. The maximum atomic E-state index is 12.5. The van der Waals surface area contributed by atoms with Gasteiger partial charge in [0.2, 0.25) is 11.7 Å². The first-order valence-electron chi connectivity index (χ1n) is 9.22. The summed E-state index contributed by atoms with van der Waals surface area (Å²) in [7, 11) is 1.63. The molecular formula is C19H26N4O3. The molecule has 1 aromatic heterocycles. The maximum absolute atomic E-state index is 12.5. The van der Waals surface area contributed by atoms with Crippen LogP contribution >= 0.6 is 0 Å². The number of hydrogen-bond donors (Lipinski definition) is 1. The van der Waals surface area contributed by atoms with Crippen molar-refractivity contribution in [1.29, 1.82) is 0 Å². The van der Waals surface area contributed by atoms with Crippen LogP contribution in [-0.4, -0.2) is 40.8 Å². The zero-order valence-corrected chi connectivity index (χ0v) is 15.4. The number of ether oxygens (including phenoxy) is 1. The number of urea groups is 1. The van der Waals surface area contributed by atoms with Gasteiger partial charge in [-0.2, -0.15) is 4.98 Å². The average molecular weight is 358 g/mol. The summed E-state index contributed by atoms with van der Waals surface area (Å²) in [5.41, 5.74) is 0.850. The van der Waals surface area contributed by atoms with E-state index in [1.807, 2.05) is 36.1 Å². The van der Waals surface area contributed by atoms with Gasteiger partial charge in [-0.1, -0.05) is 24.4 Å². The minimum Gasteiger partial charge on any atom is -0.497 e. The van der Waals surface area contributed by atoms with Crippen LogP contribution in [0.15, 0.2) is 28.8 Å². The number of carbonyl (C=O) groups is 1. The van der Waals surface area contributed by atoms with E-state index in [0.717, 1.165) is 37.0 Å². The summed E-state index contributed by atoms with van der Waals surface area (Å²) in [5.74, 6) is 1.74. The Kier molecular flexibility index (Phi) is 6.09. The van der Waals surface area contributed by atoms with Crippen LogP contribution in [0.25, 0.3) is 11.4 Å². The molecule has 0 atom stereocenters. The lowest BCUT2D eigenvalue weighted by atomic mass is 9.94. The van der Waals surface area contributed by atoms with Crippen molar-refractivity contribution < 1.29 is 14.1 Å². The van der Waals surface area contributed by atoms with Gasteiger partial charge >= 0.3 is 6.03 Å². The molecule has 0 saturated heterocycles. The number of aromatic nitrogens is 2. The van der Waals surface area contributed by atoms with Crippen molar-refractivity contribution in [2.45, 2.75) is 51.6 Å². The minimum atomic E-state index is -0.0661. The summed E-state index contributed by atoms with van der Waals surface area (Å²) in [6.45, 7) is 2.86. The van der Waals surface area contributed by atoms with Gasteiger partial charge in [-0.25, -0.2) is 4.79 Å². The summed E-state index contributed by atoms with van der Waals surface area (Å²) in [6.07, 6.45) is 5.60. The van der Waals surface area contributed by atoms with Gasteiger partial charge in [0.25, 0.3) is 0 Å². The van der Waals surface area contributed by atoms with Gasteiger partial charge in [-0.3, -0.25) is 0 Å². The van der Waals surface area contributed by atoms with E-state index in [4.69, 9.17) is 9.26 Å². The fraction of sp³-hybridized carbons (Fsp3) is 0.526. The van der Waals surface area contributed by atoms with Crippen molar-refractivity contribution in [3.8, 4) is 17.1 Å². The van der Waals surface area contributed by atoms with Crippen molar-refractivity contribution >= 4 is 6.03 Å². The summed E-state index contributed by atoms with van der Waals surface area (Å²) >= 11 is 0. The molecule has 1 aliphatic rings. The largest absolute Gasteiger partial charge is 0.497 e. The summed E-state index contributed by atoms with van der Waals surface area (Å²) in [5, 5.41) is 6.96. The number of nitrogens with zero attached hydrogens (tertiary/aromatic N) is 3. The smallest absolute Gasteiger partial charge is 0.318 e. The number of rotatable bonds is 6. The van der Waals surface area contributed by atoms with Crippen LogP contribution in [0.4, 0.5) is 4.79 Å². The number of benzene rings is 1. The van der Waals surface area contributed by atoms with Gasteiger partial charge in [-0.15, -0.1) is 0 Å². The molecule has 1 heterocycles. The lowest BCUT2D eigenvalue weighted by molar-refractivity contribution is 0.141. The molecular weight excluding hydrogens is 332 g/mol. The zero-order valence-electron chi connectivity index (χ0n) is 15.4. The number of amides is 2. The van der Waals surface area contributed by atoms with Crippen LogP contribution in [0.3, 0.4) is 0 Å². The van der Waals surface area contributed by atoms with E-state index in [-0.39, 0.29) is 12.1 Å². The van der Waals surface area contributed by atoms with E-state index in [1.165, 1.54) is 6.42 Å². The predicted molar refractivity (Wildman–Crippen MR) is 97.8 cm³/mol. The molecule has 0 aliphatic heterocycles. The Bertz CT molecular complexity index is 708. The van der Waals surface area contributed by atoms with Crippen molar-refractivity contribution in [3.63, 3.8) is 0 Å². The van der Waals surface area contributed by atoms with Crippen LogP contribution in [0.5, 0.6) is 5.75 Å². The predicted octanol–water partition coefficient (Wildman–Crippen LogP) is 3.61. The zero-order chi connectivity index (χ0) is 18.4. The third-order valence-corrected chi connectivity index (χ3v) is 4.73. The molecule has 1 N–H and O–H groups in total. The van der Waals surface area contributed by atoms with E-state index in [0.29, 0.717) is 24.8 Å². The van der Waals surface area contributed by atoms with Crippen LogP contribution < -0.4 is 10.1 Å². The SMILES string of the molecule is CCNC(=O)N(Cc1nc(-c2ccc(OC)cc2)no1)C1CCCCC1. The van der Waals surface area contributed by atoms with Crippen molar-refractivity contribution in [2.24, 2.45) is 0 Å². The van der Waals surface area contributed by atoms with Crippen molar-refractivity contribution in [3.05, 3.63) is 30.2 Å². The third kappa shape index (κ3) is 4.33. The molecule has 2 aromatic rings. The summed E-state index contributed by atoms with van der Waals surface area (Å²) in [6, 6.07) is 7.64. The second-order valence-electron chi connectivity index (χ2n) is 6.50. The third-order valence-electron chi connectivity index (χ3n) is 4.73. The first-order valence-corrected chi connectivity index (χ1v) is 9.22. The quantitative estimate of drug-likeness (QED) is 0.853. The number of methoxy groups -OCH3 is 1. The monoisotopic (exact) mass is 358 g/mol. The van der Waals surface area contributed by atoms with E-state index >= 15 is 0 Å². The standard InChI is InChI=1S/C19H26N4O3/c1-3-20-19(24)23(15-7-5-4-6-8-15)13-17-21-18(22-26-17)14-9-11-16(25-2)12-10-14/h9-12,15H,3-8,13H2,1-2H3,(H,20,24). The molecule has 0 radical (unpaired) electrons. The van der Waals surface area contributed by atoms with Crippen LogP contribution in [0.2, 0.25) is 0 Å². The van der Waals surface area contributed by atoms with Crippen molar-refractivity contribution in [1.82, 2.24) is 20.4 Å². The Labute approximate surface area is 153 Å². The van der Waals surface area contributed by atoms with Gasteiger partial charge in [0.1, 0.15) is 12.3 Å². The van der Waals surface area contributed by atoms with E-state index in [9.17, 15) is 4.79 Å². The number of nitrogens with one attached hydrogen (secondary N) is 1.